The van der Waals surface area contributed by atoms with E-state index < -0.39 is 12.2 Å². The Bertz CT molecular complexity index is 790. The molecule has 1 heterocycles. The van der Waals surface area contributed by atoms with E-state index in [0.29, 0.717) is 25.9 Å². The number of carbonyl (C=O) groups excluding carboxylic acids is 1. The lowest BCUT2D eigenvalue weighted by Crippen LogP contribution is -2.19. The van der Waals surface area contributed by atoms with Crippen LogP contribution in [0.25, 0.3) is 0 Å². The van der Waals surface area contributed by atoms with Gasteiger partial charge in [-0.15, -0.1) is 11.8 Å². The molecule has 1 saturated carbocycles. The van der Waals surface area contributed by atoms with E-state index in [0.717, 1.165) is 29.7 Å². The van der Waals surface area contributed by atoms with Gasteiger partial charge in [0, 0.05) is 30.2 Å². The number of carbonyl (C=O) groups is 1. The van der Waals surface area contributed by atoms with Crippen LogP contribution in [0.3, 0.4) is 0 Å². The summed E-state index contributed by atoms with van der Waals surface area (Å²) in [5, 5.41) is 21.0. The Hall–Kier alpha value is -2.29. The summed E-state index contributed by atoms with van der Waals surface area (Å²) in [5.41, 5.74) is 2.23. The van der Waals surface area contributed by atoms with E-state index >= 15 is 0 Å². The maximum Gasteiger partial charge on any atom is 0.293 e. The lowest BCUT2D eigenvalue weighted by Gasteiger charge is -2.19. The number of fused-ring (bicyclic) bond motifs is 3. The van der Waals surface area contributed by atoms with Crippen LogP contribution < -0.4 is 4.74 Å². The van der Waals surface area contributed by atoms with E-state index in [-0.39, 0.29) is 23.9 Å². The molecular formula is C24H30O5. The van der Waals surface area contributed by atoms with Gasteiger partial charge < -0.3 is 19.7 Å². The molecule has 1 aromatic carbocycles. The molecule has 5 unspecified atom stereocenters. The van der Waals surface area contributed by atoms with Crippen molar-refractivity contribution in [3.8, 4) is 17.6 Å². The minimum absolute atomic E-state index is 0.0420. The topological polar surface area (TPSA) is 76.0 Å². The first-order chi connectivity index (χ1) is 14.1. The van der Waals surface area contributed by atoms with E-state index in [1.54, 1.807) is 13.0 Å². The molecule has 0 amide bonds. The fourth-order valence-electron chi connectivity index (χ4n) is 4.37. The van der Waals surface area contributed by atoms with E-state index in [1.165, 1.54) is 0 Å². The average molecular weight is 398 g/mol. The van der Waals surface area contributed by atoms with Crippen molar-refractivity contribution in [2.24, 2.45) is 11.8 Å². The quantitative estimate of drug-likeness (QED) is 0.289. The Balaban J connectivity index is 1.73. The normalized spacial score (nSPS) is 26.8. The Labute approximate surface area is 172 Å². The molecule has 156 valence electrons. The van der Waals surface area contributed by atoms with Crippen LogP contribution in [0.15, 0.2) is 30.4 Å². The largest absolute Gasteiger partial charge is 0.489 e. The van der Waals surface area contributed by atoms with Crippen LogP contribution in [0.4, 0.5) is 0 Å². The fraction of sp³-hybridized carbons (Fsp3) is 0.542. The van der Waals surface area contributed by atoms with Crippen molar-refractivity contribution >= 4 is 6.47 Å². The van der Waals surface area contributed by atoms with Gasteiger partial charge in [-0.05, 0) is 31.2 Å². The van der Waals surface area contributed by atoms with Crippen LogP contribution >= 0.6 is 0 Å². The number of aliphatic hydroxyl groups excluding tert-OH is 2. The third-order valence-electron chi connectivity index (χ3n) is 5.98. The number of aliphatic hydroxyl groups is 2. The van der Waals surface area contributed by atoms with Crippen molar-refractivity contribution in [3.63, 3.8) is 0 Å². The summed E-state index contributed by atoms with van der Waals surface area (Å²) < 4.78 is 11.0. The van der Waals surface area contributed by atoms with E-state index in [4.69, 9.17) is 9.47 Å². The maximum atomic E-state index is 10.6. The van der Waals surface area contributed by atoms with Gasteiger partial charge in [0.2, 0.25) is 0 Å². The molecule has 0 aromatic heterocycles. The summed E-state index contributed by atoms with van der Waals surface area (Å²) in [6.45, 7) is 4.63. The molecule has 5 nitrogen and oxygen atoms in total. The number of hydrogen-bond acceptors (Lipinski definition) is 5. The molecule has 1 aromatic rings. The SMILES string of the molecule is CC#CCC(C)C(O)C=C[C@H]1C(O)CC2Oc3c(CCCOC=O)cccc3C21. The van der Waals surface area contributed by atoms with Crippen molar-refractivity contribution in [2.75, 3.05) is 6.61 Å². The highest BCUT2D eigenvalue weighted by Gasteiger charge is 2.48. The van der Waals surface area contributed by atoms with Gasteiger partial charge in [-0.1, -0.05) is 37.3 Å². The molecule has 6 atom stereocenters. The Morgan fingerprint density at radius 3 is 3.00 bits per heavy atom. The lowest BCUT2D eigenvalue weighted by molar-refractivity contribution is -0.128. The zero-order chi connectivity index (χ0) is 20.8. The van der Waals surface area contributed by atoms with E-state index in [2.05, 4.69) is 17.9 Å². The van der Waals surface area contributed by atoms with Crippen LogP contribution in [0.2, 0.25) is 0 Å². The summed E-state index contributed by atoms with van der Waals surface area (Å²) >= 11 is 0. The smallest absolute Gasteiger partial charge is 0.293 e. The van der Waals surface area contributed by atoms with Gasteiger partial charge in [-0.2, -0.15) is 0 Å². The molecule has 0 radical (unpaired) electrons. The van der Waals surface area contributed by atoms with Crippen molar-refractivity contribution in [1.29, 1.82) is 0 Å². The molecule has 0 saturated heterocycles. The molecule has 3 rings (SSSR count). The molecule has 0 bridgehead atoms. The second-order valence-electron chi connectivity index (χ2n) is 7.95. The van der Waals surface area contributed by atoms with Crippen LogP contribution in [0.5, 0.6) is 5.75 Å². The second-order valence-corrected chi connectivity index (χ2v) is 7.95. The zero-order valence-corrected chi connectivity index (χ0v) is 17.1. The Morgan fingerprint density at radius 2 is 2.24 bits per heavy atom. The van der Waals surface area contributed by atoms with Crippen LogP contribution in [0, 0.1) is 23.7 Å². The molecule has 1 fully saturated rings. The Kier molecular flexibility index (Phi) is 7.35. The van der Waals surface area contributed by atoms with Gasteiger partial charge in [0.05, 0.1) is 18.8 Å². The van der Waals surface area contributed by atoms with E-state index in [1.807, 2.05) is 25.1 Å². The van der Waals surface area contributed by atoms with Crippen molar-refractivity contribution in [3.05, 3.63) is 41.5 Å². The van der Waals surface area contributed by atoms with Gasteiger partial charge in [0.25, 0.3) is 6.47 Å². The molecule has 5 heteroatoms. The molecule has 2 aliphatic rings. The molecule has 2 N–H and O–H groups in total. The highest BCUT2D eigenvalue weighted by atomic mass is 16.5. The summed E-state index contributed by atoms with van der Waals surface area (Å²) in [7, 11) is 0. The van der Waals surface area contributed by atoms with E-state index in [9.17, 15) is 15.0 Å². The highest BCUT2D eigenvalue weighted by Crippen LogP contribution is 2.52. The van der Waals surface area contributed by atoms with Gasteiger partial charge in [-0.3, -0.25) is 4.79 Å². The van der Waals surface area contributed by atoms with Crippen LogP contribution in [-0.2, 0) is 16.0 Å². The fourth-order valence-corrected chi connectivity index (χ4v) is 4.37. The average Bonchev–Trinajstić information content (AvgIpc) is 3.22. The zero-order valence-electron chi connectivity index (χ0n) is 17.1. The highest BCUT2D eigenvalue weighted by molar-refractivity contribution is 5.49. The number of benzene rings is 1. The number of para-hydroxylation sites is 1. The van der Waals surface area contributed by atoms with Crippen LogP contribution in [-0.4, -0.2) is 41.6 Å². The first-order valence-corrected chi connectivity index (χ1v) is 10.3. The molecule has 1 aliphatic carbocycles. The van der Waals surface area contributed by atoms with Gasteiger partial charge in [0.15, 0.2) is 0 Å². The van der Waals surface area contributed by atoms with Crippen molar-refractivity contribution in [2.45, 2.75) is 63.8 Å². The minimum atomic E-state index is -0.590. The third kappa shape index (κ3) is 4.83. The predicted molar refractivity (Wildman–Crippen MR) is 110 cm³/mol. The number of rotatable bonds is 9. The Morgan fingerprint density at radius 1 is 1.41 bits per heavy atom. The van der Waals surface area contributed by atoms with Gasteiger partial charge >= 0.3 is 0 Å². The maximum absolute atomic E-state index is 10.6. The first-order valence-electron chi connectivity index (χ1n) is 10.3. The summed E-state index contributed by atoms with van der Waals surface area (Å²) in [6, 6.07) is 6.13. The molecule has 0 spiro atoms. The summed E-state index contributed by atoms with van der Waals surface area (Å²) in [4.78, 5) is 10.3. The standard InChI is InChI=1S/C24H30O5/c1-3-4-7-16(2)20(26)12-11-18-21(27)14-22-23(18)19-10-5-8-17(24(19)29-22)9-6-13-28-15-25/h5,8,10-12,15-16,18,20-23,26-27H,6-7,9,13-14H2,1-2H3/t16?,18-,20?,21?,22?,23?/m0/s1. The first kappa shape index (κ1) is 21.4. The van der Waals surface area contributed by atoms with Crippen molar-refractivity contribution < 1.29 is 24.5 Å². The minimum Gasteiger partial charge on any atom is -0.489 e. The van der Waals surface area contributed by atoms with Gasteiger partial charge in [0.1, 0.15) is 11.9 Å². The summed E-state index contributed by atoms with van der Waals surface area (Å²) in [5.74, 6) is 6.81. The number of ether oxygens (including phenoxy) is 2. The number of hydrogen-bond donors (Lipinski definition) is 2. The monoisotopic (exact) mass is 398 g/mol. The van der Waals surface area contributed by atoms with Crippen LogP contribution in [0.1, 0.15) is 50.2 Å². The predicted octanol–water partition coefficient (Wildman–Crippen LogP) is 2.98. The second kappa shape index (κ2) is 9.96. The lowest BCUT2D eigenvalue weighted by atomic mass is 9.86. The van der Waals surface area contributed by atoms with Gasteiger partial charge in [-0.25, -0.2) is 0 Å². The molecular weight excluding hydrogens is 368 g/mol. The molecule has 1 aliphatic heterocycles. The summed E-state index contributed by atoms with van der Waals surface area (Å²) in [6.07, 6.45) is 5.36. The third-order valence-corrected chi connectivity index (χ3v) is 5.98. The molecule has 29 heavy (non-hydrogen) atoms. The van der Waals surface area contributed by atoms with Crippen molar-refractivity contribution in [1.82, 2.24) is 0 Å². The number of aryl methyl sites for hydroxylation is 1.